The molecule has 78 valence electrons. The molecule has 0 bridgehead atoms. The van der Waals surface area contributed by atoms with Crippen LogP contribution < -0.4 is 0 Å². The molecule has 0 saturated heterocycles. The zero-order valence-electron chi connectivity index (χ0n) is 8.55. The highest BCUT2D eigenvalue weighted by molar-refractivity contribution is 5.93. The molecule has 0 saturated carbocycles. The zero-order valence-corrected chi connectivity index (χ0v) is 8.55. The van der Waals surface area contributed by atoms with Crippen molar-refractivity contribution >= 4 is 10.8 Å². The molecule has 0 fully saturated rings. The van der Waals surface area contributed by atoms with Crippen molar-refractivity contribution in [3.8, 4) is 17.1 Å². The third kappa shape index (κ3) is 1.27. The van der Waals surface area contributed by atoms with E-state index in [0.29, 0.717) is 5.76 Å². The van der Waals surface area contributed by atoms with E-state index in [0.717, 1.165) is 16.3 Å². The van der Waals surface area contributed by atoms with E-state index >= 15 is 0 Å². The SMILES string of the molecule is Oc1c(-c2ccco2)ccc2ccccc12. The van der Waals surface area contributed by atoms with Crippen molar-refractivity contribution in [1.82, 2.24) is 0 Å². The van der Waals surface area contributed by atoms with Crippen molar-refractivity contribution < 1.29 is 9.52 Å². The van der Waals surface area contributed by atoms with Gasteiger partial charge in [0.2, 0.25) is 0 Å². The van der Waals surface area contributed by atoms with E-state index in [2.05, 4.69) is 0 Å². The third-order valence-electron chi connectivity index (χ3n) is 2.69. The van der Waals surface area contributed by atoms with Gasteiger partial charge in [0.15, 0.2) is 0 Å². The lowest BCUT2D eigenvalue weighted by molar-refractivity contribution is 0.480. The molecule has 0 radical (unpaired) electrons. The van der Waals surface area contributed by atoms with Crippen molar-refractivity contribution in [1.29, 1.82) is 0 Å². The van der Waals surface area contributed by atoms with Gasteiger partial charge in [-0.3, -0.25) is 0 Å². The van der Waals surface area contributed by atoms with Crippen molar-refractivity contribution in [2.45, 2.75) is 0 Å². The van der Waals surface area contributed by atoms with E-state index in [1.54, 1.807) is 6.26 Å². The Balaban J connectivity index is 2.32. The van der Waals surface area contributed by atoms with Gasteiger partial charge in [-0.1, -0.05) is 30.3 Å². The Kier molecular flexibility index (Phi) is 1.93. The first-order chi connectivity index (χ1) is 7.86. The fraction of sp³-hybridized carbons (Fsp3) is 0. The van der Waals surface area contributed by atoms with Crippen molar-refractivity contribution in [2.75, 3.05) is 0 Å². The van der Waals surface area contributed by atoms with Gasteiger partial charge in [0.05, 0.1) is 11.8 Å². The fourth-order valence-corrected chi connectivity index (χ4v) is 1.89. The van der Waals surface area contributed by atoms with E-state index in [-0.39, 0.29) is 5.75 Å². The van der Waals surface area contributed by atoms with E-state index in [4.69, 9.17) is 4.42 Å². The summed E-state index contributed by atoms with van der Waals surface area (Å²) in [5, 5.41) is 12.0. The lowest BCUT2D eigenvalue weighted by Gasteiger charge is -2.05. The van der Waals surface area contributed by atoms with Crippen LogP contribution in [-0.4, -0.2) is 5.11 Å². The van der Waals surface area contributed by atoms with Crippen LogP contribution >= 0.6 is 0 Å². The number of furan rings is 1. The molecule has 16 heavy (non-hydrogen) atoms. The number of rotatable bonds is 1. The minimum absolute atomic E-state index is 0.271. The largest absolute Gasteiger partial charge is 0.507 e. The molecular weight excluding hydrogens is 200 g/mol. The molecule has 0 atom stereocenters. The van der Waals surface area contributed by atoms with Gasteiger partial charge in [-0.2, -0.15) is 0 Å². The van der Waals surface area contributed by atoms with E-state index in [1.807, 2.05) is 48.5 Å². The first-order valence-electron chi connectivity index (χ1n) is 5.11. The average molecular weight is 210 g/mol. The van der Waals surface area contributed by atoms with Gasteiger partial charge < -0.3 is 9.52 Å². The topological polar surface area (TPSA) is 33.4 Å². The second kappa shape index (κ2) is 3.42. The molecule has 3 aromatic rings. The van der Waals surface area contributed by atoms with Crippen molar-refractivity contribution in [2.24, 2.45) is 0 Å². The molecule has 0 aliphatic heterocycles. The highest BCUT2D eigenvalue weighted by Crippen LogP contribution is 2.35. The summed E-state index contributed by atoms with van der Waals surface area (Å²) in [6.45, 7) is 0. The molecule has 1 heterocycles. The fourth-order valence-electron chi connectivity index (χ4n) is 1.89. The quantitative estimate of drug-likeness (QED) is 0.662. The van der Waals surface area contributed by atoms with Crippen molar-refractivity contribution in [3.05, 3.63) is 54.8 Å². The van der Waals surface area contributed by atoms with Crippen LogP contribution in [0.15, 0.2) is 59.2 Å². The molecule has 3 rings (SSSR count). The summed E-state index contributed by atoms with van der Waals surface area (Å²) >= 11 is 0. The molecule has 0 amide bonds. The maximum Gasteiger partial charge on any atom is 0.137 e. The second-order valence-corrected chi connectivity index (χ2v) is 3.66. The van der Waals surface area contributed by atoms with Gasteiger partial charge in [0.25, 0.3) is 0 Å². The monoisotopic (exact) mass is 210 g/mol. The van der Waals surface area contributed by atoms with Gasteiger partial charge in [-0.05, 0) is 23.6 Å². The molecule has 0 aliphatic rings. The lowest BCUT2D eigenvalue weighted by atomic mass is 10.0. The summed E-state index contributed by atoms with van der Waals surface area (Å²) in [6, 6.07) is 15.2. The van der Waals surface area contributed by atoms with E-state index in [9.17, 15) is 5.11 Å². The minimum Gasteiger partial charge on any atom is -0.507 e. The first-order valence-corrected chi connectivity index (χ1v) is 5.11. The summed E-state index contributed by atoms with van der Waals surface area (Å²) in [5.41, 5.74) is 0.726. The maximum absolute atomic E-state index is 10.2. The van der Waals surface area contributed by atoms with E-state index in [1.165, 1.54) is 0 Å². The summed E-state index contributed by atoms with van der Waals surface area (Å²) in [4.78, 5) is 0. The van der Waals surface area contributed by atoms with Gasteiger partial charge in [-0.25, -0.2) is 0 Å². The number of hydrogen-bond donors (Lipinski definition) is 1. The summed E-state index contributed by atoms with van der Waals surface area (Å²) < 4.78 is 5.29. The van der Waals surface area contributed by atoms with Crippen LogP contribution in [0.1, 0.15) is 0 Å². The molecular formula is C14H10O2. The predicted octanol–water partition coefficient (Wildman–Crippen LogP) is 3.81. The third-order valence-corrected chi connectivity index (χ3v) is 2.69. The highest BCUT2D eigenvalue weighted by atomic mass is 16.3. The Morgan fingerprint density at radius 3 is 2.56 bits per heavy atom. The minimum atomic E-state index is 0.271. The average Bonchev–Trinajstić information content (AvgIpc) is 2.83. The van der Waals surface area contributed by atoms with Crippen LogP contribution in [0.3, 0.4) is 0 Å². The molecule has 0 spiro atoms. The smallest absolute Gasteiger partial charge is 0.137 e. The summed E-state index contributed by atoms with van der Waals surface area (Å²) in [5.74, 6) is 0.955. The molecule has 0 aliphatic carbocycles. The van der Waals surface area contributed by atoms with Gasteiger partial charge >= 0.3 is 0 Å². The Bertz CT molecular complexity index is 624. The van der Waals surface area contributed by atoms with Crippen LogP contribution in [-0.2, 0) is 0 Å². The number of phenols is 1. The Hall–Kier alpha value is -2.22. The number of benzene rings is 2. The molecule has 0 unspecified atom stereocenters. The van der Waals surface area contributed by atoms with Crippen LogP contribution in [0, 0.1) is 0 Å². The van der Waals surface area contributed by atoms with Crippen LogP contribution in [0.25, 0.3) is 22.1 Å². The normalized spacial score (nSPS) is 10.8. The lowest BCUT2D eigenvalue weighted by Crippen LogP contribution is -1.79. The number of aromatic hydroxyl groups is 1. The molecule has 2 heteroatoms. The summed E-state index contributed by atoms with van der Waals surface area (Å²) in [6.07, 6.45) is 1.60. The molecule has 1 aromatic heterocycles. The highest BCUT2D eigenvalue weighted by Gasteiger charge is 2.09. The van der Waals surface area contributed by atoms with Crippen LogP contribution in [0.2, 0.25) is 0 Å². The molecule has 1 N–H and O–H groups in total. The number of hydrogen-bond acceptors (Lipinski definition) is 2. The Morgan fingerprint density at radius 2 is 1.75 bits per heavy atom. The number of phenolic OH excluding ortho intramolecular Hbond substituents is 1. The first kappa shape index (κ1) is 9.04. The molecule has 2 aromatic carbocycles. The van der Waals surface area contributed by atoms with Gasteiger partial charge in [0, 0.05) is 5.39 Å². The van der Waals surface area contributed by atoms with Crippen LogP contribution in [0.5, 0.6) is 5.75 Å². The zero-order chi connectivity index (χ0) is 11.0. The second-order valence-electron chi connectivity index (χ2n) is 3.66. The van der Waals surface area contributed by atoms with Gasteiger partial charge in [-0.15, -0.1) is 0 Å². The van der Waals surface area contributed by atoms with Gasteiger partial charge in [0.1, 0.15) is 11.5 Å². The Morgan fingerprint density at radius 1 is 0.875 bits per heavy atom. The van der Waals surface area contributed by atoms with Crippen molar-refractivity contribution in [3.63, 3.8) is 0 Å². The Labute approximate surface area is 92.8 Å². The predicted molar refractivity (Wildman–Crippen MR) is 63.3 cm³/mol. The van der Waals surface area contributed by atoms with E-state index < -0.39 is 0 Å². The number of fused-ring (bicyclic) bond motifs is 1. The maximum atomic E-state index is 10.2. The standard InChI is InChI=1S/C14H10O2/c15-14-11-5-2-1-4-10(11)7-8-12(14)13-6-3-9-16-13/h1-9,15H. The summed E-state index contributed by atoms with van der Waals surface area (Å²) in [7, 11) is 0. The molecule has 2 nitrogen and oxygen atoms in total. The van der Waals surface area contributed by atoms with Crippen LogP contribution in [0.4, 0.5) is 0 Å².